The number of hydrogen-bond acceptors (Lipinski definition) is 6. The van der Waals surface area contributed by atoms with Gasteiger partial charge in [-0.2, -0.15) is 0 Å². The summed E-state index contributed by atoms with van der Waals surface area (Å²) in [6.45, 7) is 1.54. The fraction of sp³-hybridized carbons (Fsp3) is 0.0952. The summed E-state index contributed by atoms with van der Waals surface area (Å²) in [5.74, 6) is -0.888. The Kier molecular flexibility index (Phi) is 4.52. The van der Waals surface area contributed by atoms with E-state index in [4.69, 9.17) is 9.47 Å². The lowest BCUT2D eigenvalue weighted by atomic mass is 10.1. The van der Waals surface area contributed by atoms with Gasteiger partial charge in [0.1, 0.15) is 34.6 Å². The molecule has 0 bridgehead atoms. The number of aromatic nitrogens is 1. The zero-order valence-corrected chi connectivity index (χ0v) is 15.3. The molecular formula is C21H16N2O6. The summed E-state index contributed by atoms with van der Waals surface area (Å²) in [6.07, 6.45) is -0.768. The number of nitrogens with one attached hydrogen (secondary N) is 2. The number of H-pyrrole nitrogens is 1. The van der Waals surface area contributed by atoms with Crippen LogP contribution in [0.2, 0.25) is 0 Å². The van der Waals surface area contributed by atoms with Gasteiger partial charge in [-0.25, -0.2) is 4.79 Å². The van der Waals surface area contributed by atoms with Crippen molar-refractivity contribution in [3.8, 4) is 17.2 Å². The Morgan fingerprint density at radius 2 is 1.72 bits per heavy atom. The van der Waals surface area contributed by atoms with Gasteiger partial charge in [-0.1, -0.05) is 18.2 Å². The largest absolute Gasteiger partial charge is 0.506 e. The molecule has 0 saturated carbocycles. The van der Waals surface area contributed by atoms with Gasteiger partial charge in [0.05, 0.1) is 5.56 Å². The van der Waals surface area contributed by atoms with Crippen molar-refractivity contribution in [2.75, 3.05) is 5.32 Å². The van der Waals surface area contributed by atoms with Crippen molar-refractivity contribution in [2.24, 2.45) is 0 Å². The van der Waals surface area contributed by atoms with Crippen molar-refractivity contribution >= 4 is 17.6 Å². The number of cyclic esters (lactones) is 1. The van der Waals surface area contributed by atoms with Crippen LogP contribution < -0.4 is 15.6 Å². The van der Waals surface area contributed by atoms with Crippen molar-refractivity contribution in [1.82, 2.24) is 4.98 Å². The molecule has 0 spiro atoms. The minimum atomic E-state index is -0.881. The molecule has 0 unspecified atom stereocenters. The van der Waals surface area contributed by atoms with E-state index in [-0.39, 0.29) is 11.3 Å². The highest BCUT2D eigenvalue weighted by Crippen LogP contribution is 2.36. The van der Waals surface area contributed by atoms with E-state index in [2.05, 4.69) is 10.3 Å². The molecule has 8 heteroatoms. The number of fused-ring (bicyclic) bond motifs is 1. The predicted octanol–water partition coefficient (Wildman–Crippen LogP) is 3.36. The molecule has 0 saturated heterocycles. The van der Waals surface area contributed by atoms with Gasteiger partial charge in [0, 0.05) is 5.69 Å². The lowest BCUT2D eigenvalue weighted by molar-refractivity contribution is 0.0416. The van der Waals surface area contributed by atoms with Gasteiger partial charge in [0.15, 0.2) is 0 Å². The summed E-state index contributed by atoms with van der Waals surface area (Å²) < 4.78 is 10.6. The van der Waals surface area contributed by atoms with Crippen molar-refractivity contribution < 1.29 is 24.2 Å². The maximum Gasteiger partial charge on any atom is 0.356 e. The van der Waals surface area contributed by atoms with Gasteiger partial charge < -0.3 is 24.9 Å². The van der Waals surface area contributed by atoms with Crippen LogP contribution in [0.15, 0.2) is 59.4 Å². The third-order valence-corrected chi connectivity index (χ3v) is 4.44. The summed E-state index contributed by atoms with van der Waals surface area (Å²) in [4.78, 5) is 38.8. The SMILES string of the molecule is C[C@H]1OC(=O)c2[nH]c(=O)c(C(=O)Nc3ccc(Oc4ccccc4)cc3)c(O)c21. The Morgan fingerprint density at radius 1 is 1.07 bits per heavy atom. The molecule has 8 nitrogen and oxygen atoms in total. The van der Waals surface area contributed by atoms with E-state index in [1.807, 2.05) is 30.3 Å². The number of anilines is 1. The third kappa shape index (κ3) is 3.43. The minimum absolute atomic E-state index is 0.0892. The molecule has 0 fully saturated rings. The summed E-state index contributed by atoms with van der Waals surface area (Å²) >= 11 is 0. The number of amides is 1. The second kappa shape index (κ2) is 7.16. The molecule has 1 atom stereocenters. The summed E-state index contributed by atoms with van der Waals surface area (Å²) in [5, 5.41) is 13.0. The topological polar surface area (TPSA) is 118 Å². The monoisotopic (exact) mass is 392 g/mol. The molecule has 4 rings (SSSR count). The van der Waals surface area contributed by atoms with Crippen molar-refractivity contribution in [1.29, 1.82) is 0 Å². The molecule has 1 aliphatic rings. The summed E-state index contributed by atoms with van der Waals surface area (Å²) in [5.41, 5.74) is -1.02. The molecule has 3 N–H and O–H groups in total. The van der Waals surface area contributed by atoms with Crippen LogP contribution in [0.5, 0.6) is 17.2 Å². The number of carbonyl (C=O) groups is 2. The Bertz CT molecular complexity index is 1150. The van der Waals surface area contributed by atoms with Gasteiger partial charge in [-0.15, -0.1) is 0 Å². The smallest absolute Gasteiger partial charge is 0.356 e. The van der Waals surface area contributed by atoms with Crippen LogP contribution in [-0.4, -0.2) is 22.0 Å². The minimum Gasteiger partial charge on any atom is -0.506 e. The Hall–Kier alpha value is -4.07. The highest BCUT2D eigenvalue weighted by Gasteiger charge is 2.35. The normalized spacial score (nSPS) is 14.8. The molecule has 3 aromatic rings. The number of pyridine rings is 1. The number of aromatic hydroxyl groups is 1. The van der Waals surface area contributed by atoms with Gasteiger partial charge >= 0.3 is 5.97 Å². The number of aromatic amines is 1. The Morgan fingerprint density at radius 3 is 2.41 bits per heavy atom. The second-order valence-electron chi connectivity index (χ2n) is 6.41. The van der Waals surface area contributed by atoms with E-state index >= 15 is 0 Å². The first-order chi connectivity index (χ1) is 13.9. The number of benzene rings is 2. The first-order valence-electron chi connectivity index (χ1n) is 8.78. The average molecular weight is 392 g/mol. The molecule has 0 aliphatic carbocycles. The fourth-order valence-electron chi connectivity index (χ4n) is 3.07. The summed E-state index contributed by atoms with van der Waals surface area (Å²) in [7, 11) is 0. The van der Waals surface area contributed by atoms with E-state index in [9.17, 15) is 19.5 Å². The van der Waals surface area contributed by atoms with Crippen molar-refractivity contribution in [3.05, 3.63) is 81.8 Å². The molecule has 146 valence electrons. The van der Waals surface area contributed by atoms with E-state index < -0.39 is 34.9 Å². The molecule has 29 heavy (non-hydrogen) atoms. The molecular weight excluding hydrogens is 376 g/mol. The van der Waals surface area contributed by atoms with Gasteiger partial charge in [-0.05, 0) is 43.3 Å². The maximum absolute atomic E-state index is 12.6. The van der Waals surface area contributed by atoms with Crippen LogP contribution >= 0.6 is 0 Å². The van der Waals surface area contributed by atoms with E-state index in [0.29, 0.717) is 17.2 Å². The number of rotatable bonds is 4. The van der Waals surface area contributed by atoms with Crippen molar-refractivity contribution in [2.45, 2.75) is 13.0 Å². The standard InChI is InChI=1S/C21H16N2O6/c1-11-15-17(21(27)28-11)23-20(26)16(18(15)24)19(25)22-12-7-9-14(10-8-12)29-13-5-3-2-4-6-13/h2-11H,1H3,(H,22,25)(H2,23,24,26)/t11-/m1/s1. The van der Waals surface area contributed by atoms with Crippen LogP contribution in [-0.2, 0) is 4.74 Å². The Balaban J connectivity index is 1.55. The van der Waals surface area contributed by atoms with Crippen LogP contribution in [0, 0.1) is 0 Å². The molecule has 2 aromatic carbocycles. The first kappa shape index (κ1) is 18.3. The molecule has 1 amide bonds. The lowest BCUT2D eigenvalue weighted by Gasteiger charge is -2.10. The van der Waals surface area contributed by atoms with Crippen molar-refractivity contribution in [3.63, 3.8) is 0 Å². The average Bonchev–Trinajstić information content (AvgIpc) is 2.98. The number of esters is 1. The zero-order valence-electron chi connectivity index (χ0n) is 15.3. The quantitative estimate of drug-likeness (QED) is 0.586. The highest BCUT2D eigenvalue weighted by atomic mass is 16.5. The predicted molar refractivity (Wildman–Crippen MR) is 103 cm³/mol. The van der Waals surface area contributed by atoms with Crippen LogP contribution in [0.25, 0.3) is 0 Å². The van der Waals surface area contributed by atoms with Gasteiger partial charge in [0.25, 0.3) is 11.5 Å². The number of hydrogen-bond donors (Lipinski definition) is 3. The van der Waals surface area contributed by atoms with Gasteiger partial charge in [0.2, 0.25) is 0 Å². The molecule has 0 radical (unpaired) electrons. The molecule has 1 aliphatic heterocycles. The Labute approximate surface area is 164 Å². The molecule has 2 heterocycles. The van der Waals surface area contributed by atoms with E-state index in [1.54, 1.807) is 24.3 Å². The van der Waals surface area contributed by atoms with Crippen LogP contribution in [0.1, 0.15) is 39.4 Å². The zero-order chi connectivity index (χ0) is 20.5. The van der Waals surface area contributed by atoms with E-state index in [0.717, 1.165) is 0 Å². The number of para-hydroxylation sites is 1. The highest BCUT2D eigenvalue weighted by molar-refractivity contribution is 6.07. The fourth-order valence-corrected chi connectivity index (χ4v) is 3.07. The lowest BCUT2D eigenvalue weighted by Crippen LogP contribution is -2.25. The van der Waals surface area contributed by atoms with Crippen LogP contribution in [0.4, 0.5) is 5.69 Å². The van der Waals surface area contributed by atoms with Gasteiger partial charge in [-0.3, -0.25) is 9.59 Å². The second-order valence-corrected chi connectivity index (χ2v) is 6.41. The summed E-state index contributed by atoms with van der Waals surface area (Å²) in [6, 6.07) is 15.7. The third-order valence-electron chi connectivity index (χ3n) is 4.44. The molecule has 1 aromatic heterocycles. The van der Waals surface area contributed by atoms with E-state index in [1.165, 1.54) is 6.92 Å². The van der Waals surface area contributed by atoms with Crippen LogP contribution in [0.3, 0.4) is 0 Å². The number of carbonyl (C=O) groups excluding carboxylic acids is 2. The maximum atomic E-state index is 12.6. The number of ether oxygens (including phenoxy) is 2. The first-order valence-corrected chi connectivity index (χ1v) is 8.78.